The van der Waals surface area contributed by atoms with Gasteiger partial charge in [-0.1, -0.05) is 11.6 Å². The fourth-order valence-electron chi connectivity index (χ4n) is 4.65. The Morgan fingerprint density at radius 1 is 1.06 bits per heavy atom. The molecular formula is C25H26N6. The van der Waals surface area contributed by atoms with Gasteiger partial charge in [0.1, 0.15) is 11.6 Å². The molecule has 3 aromatic heterocycles. The van der Waals surface area contributed by atoms with Crippen molar-refractivity contribution in [1.82, 2.24) is 24.7 Å². The highest BCUT2D eigenvalue weighted by atomic mass is 15.2. The molecule has 4 heterocycles. The number of pyridine rings is 1. The van der Waals surface area contributed by atoms with E-state index in [2.05, 4.69) is 54.3 Å². The second kappa shape index (κ2) is 6.87. The number of benzene rings is 1. The lowest BCUT2D eigenvalue weighted by Crippen LogP contribution is -2.32. The minimum atomic E-state index is 0.531. The van der Waals surface area contributed by atoms with Gasteiger partial charge in [-0.2, -0.15) is 5.10 Å². The van der Waals surface area contributed by atoms with E-state index >= 15 is 0 Å². The highest BCUT2D eigenvalue weighted by Crippen LogP contribution is 2.40. The Bertz CT molecular complexity index is 1320. The zero-order valence-corrected chi connectivity index (χ0v) is 18.3. The van der Waals surface area contributed by atoms with E-state index in [-0.39, 0.29) is 0 Å². The molecule has 4 aromatic rings. The summed E-state index contributed by atoms with van der Waals surface area (Å²) in [5.74, 6) is 2.61. The van der Waals surface area contributed by atoms with Crippen molar-refractivity contribution in [2.24, 2.45) is 7.05 Å². The molecule has 6 nitrogen and oxygen atoms in total. The monoisotopic (exact) mass is 410 g/mol. The smallest absolute Gasteiger partial charge is 0.140 e. The Morgan fingerprint density at radius 2 is 1.94 bits per heavy atom. The predicted octanol–water partition coefficient (Wildman–Crippen LogP) is 4.48. The van der Waals surface area contributed by atoms with Crippen LogP contribution in [0.4, 0.5) is 5.82 Å². The SMILES string of the molecule is Cc1ccc2nc(C3CC3)nc(N3CCc4ncc(-c5cn(C)nc5C)cc4C3)c2c1. The van der Waals surface area contributed by atoms with Gasteiger partial charge in [0, 0.05) is 67.1 Å². The topological polar surface area (TPSA) is 59.7 Å². The molecule has 0 atom stereocenters. The van der Waals surface area contributed by atoms with Crippen LogP contribution < -0.4 is 4.90 Å². The fourth-order valence-corrected chi connectivity index (χ4v) is 4.65. The quantitative estimate of drug-likeness (QED) is 0.498. The minimum absolute atomic E-state index is 0.531. The van der Waals surface area contributed by atoms with Gasteiger partial charge in [-0.15, -0.1) is 0 Å². The van der Waals surface area contributed by atoms with Gasteiger partial charge in [-0.05, 0) is 50.5 Å². The van der Waals surface area contributed by atoms with Crippen LogP contribution in [-0.4, -0.2) is 31.3 Å². The summed E-state index contributed by atoms with van der Waals surface area (Å²) in [6, 6.07) is 8.80. The molecule has 1 saturated carbocycles. The lowest BCUT2D eigenvalue weighted by Gasteiger charge is -2.30. The molecule has 1 aromatic carbocycles. The van der Waals surface area contributed by atoms with Gasteiger partial charge in [0.2, 0.25) is 0 Å². The van der Waals surface area contributed by atoms with Crippen LogP contribution in [0.1, 0.15) is 47.1 Å². The molecule has 0 amide bonds. The maximum atomic E-state index is 5.08. The Labute approximate surface area is 182 Å². The minimum Gasteiger partial charge on any atom is -0.351 e. The molecule has 31 heavy (non-hydrogen) atoms. The van der Waals surface area contributed by atoms with Crippen molar-refractivity contribution in [3.8, 4) is 11.1 Å². The van der Waals surface area contributed by atoms with Crippen LogP contribution in [-0.2, 0) is 20.0 Å². The summed E-state index contributed by atoms with van der Waals surface area (Å²) in [5.41, 5.74) is 8.08. The van der Waals surface area contributed by atoms with Crippen molar-refractivity contribution < 1.29 is 0 Å². The molecule has 0 N–H and O–H groups in total. The normalized spacial score (nSPS) is 16.0. The molecule has 6 rings (SSSR count). The molecule has 1 aliphatic carbocycles. The summed E-state index contributed by atoms with van der Waals surface area (Å²) in [7, 11) is 1.96. The van der Waals surface area contributed by atoms with Crippen LogP contribution in [0.25, 0.3) is 22.0 Å². The van der Waals surface area contributed by atoms with E-state index in [0.29, 0.717) is 5.92 Å². The fraction of sp³-hybridized carbons (Fsp3) is 0.360. The predicted molar refractivity (Wildman–Crippen MR) is 122 cm³/mol. The summed E-state index contributed by atoms with van der Waals surface area (Å²) in [6.07, 6.45) is 7.40. The summed E-state index contributed by atoms with van der Waals surface area (Å²) >= 11 is 0. The second-order valence-corrected chi connectivity index (χ2v) is 9.00. The zero-order chi connectivity index (χ0) is 21.1. The Kier molecular flexibility index (Phi) is 4.10. The molecule has 1 fully saturated rings. The van der Waals surface area contributed by atoms with Gasteiger partial charge in [-0.25, -0.2) is 9.97 Å². The molecule has 156 valence electrons. The Hall–Kier alpha value is -3.28. The maximum absolute atomic E-state index is 5.08. The molecule has 0 bridgehead atoms. The first-order valence-corrected chi connectivity index (χ1v) is 11.1. The van der Waals surface area contributed by atoms with Gasteiger partial charge >= 0.3 is 0 Å². The zero-order valence-electron chi connectivity index (χ0n) is 18.3. The first-order chi connectivity index (χ1) is 15.0. The van der Waals surface area contributed by atoms with Crippen molar-refractivity contribution in [3.05, 3.63) is 65.0 Å². The van der Waals surface area contributed by atoms with E-state index in [4.69, 9.17) is 15.0 Å². The van der Waals surface area contributed by atoms with Gasteiger partial charge in [-0.3, -0.25) is 9.67 Å². The number of fused-ring (bicyclic) bond motifs is 2. The van der Waals surface area contributed by atoms with Crippen LogP contribution in [0.2, 0.25) is 0 Å². The number of aromatic nitrogens is 5. The van der Waals surface area contributed by atoms with Crippen LogP contribution >= 0.6 is 0 Å². The summed E-state index contributed by atoms with van der Waals surface area (Å²) in [4.78, 5) is 17.2. The van der Waals surface area contributed by atoms with Crippen LogP contribution in [0.3, 0.4) is 0 Å². The molecular weight excluding hydrogens is 384 g/mol. The molecule has 0 radical (unpaired) electrons. The lowest BCUT2D eigenvalue weighted by atomic mass is 10.00. The van der Waals surface area contributed by atoms with Crippen molar-refractivity contribution in [3.63, 3.8) is 0 Å². The average Bonchev–Trinajstić information content (AvgIpc) is 3.56. The number of rotatable bonds is 3. The molecule has 0 saturated heterocycles. The standard InChI is InChI=1S/C25H26N6/c1-15-4-7-23-20(10-15)25(28-24(27-23)17-5-6-17)31-9-8-22-19(13-31)11-18(12-26-22)21-14-30(3)29-16(21)2/h4,7,10-12,14,17H,5-6,8-9,13H2,1-3H3. The van der Waals surface area contributed by atoms with Gasteiger partial charge in [0.15, 0.2) is 0 Å². The largest absolute Gasteiger partial charge is 0.351 e. The van der Waals surface area contributed by atoms with E-state index in [1.807, 2.05) is 17.9 Å². The summed E-state index contributed by atoms with van der Waals surface area (Å²) < 4.78 is 1.87. The third kappa shape index (κ3) is 3.26. The Morgan fingerprint density at radius 3 is 2.71 bits per heavy atom. The lowest BCUT2D eigenvalue weighted by molar-refractivity contribution is 0.701. The number of anilines is 1. The number of hydrogen-bond acceptors (Lipinski definition) is 5. The summed E-state index contributed by atoms with van der Waals surface area (Å²) in [5, 5.41) is 5.65. The molecule has 0 unspecified atom stereocenters. The van der Waals surface area contributed by atoms with Crippen molar-refractivity contribution in [2.45, 2.75) is 45.6 Å². The number of nitrogens with zero attached hydrogens (tertiary/aromatic N) is 6. The Balaban J connectivity index is 1.42. The van der Waals surface area contributed by atoms with Crippen molar-refractivity contribution in [1.29, 1.82) is 0 Å². The van der Waals surface area contributed by atoms with Crippen LogP contribution in [0.5, 0.6) is 0 Å². The van der Waals surface area contributed by atoms with Gasteiger partial charge < -0.3 is 4.90 Å². The molecule has 2 aliphatic rings. The van der Waals surface area contributed by atoms with Crippen LogP contribution in [0, 0.1) is 13.8 Å². The third-order valence-corrected chi connectivity index (χ3v) is 6.45. The number of hydrogen-bond donors (Lipinski definition) is 0. The van der Waals surface area contributed by atoms with Crippen molar-refractivity contribution >= 4 is 16.7 Å². The van der Waals surface area contributed by atoms with Gasteiger partial charge in [0.25, 0.3) is 0 Å². The van der Waals surface area contributed by atoms with Crippen molar-refractivity contribution in [2.75, 3.05) is 11.4 Å². The first-order valence-electron chi connectivity index (χ1n) is 11.1. The first kappa shape index (κ1) is 18.5. The molecule has 6 heteroatoms. The number of aryl methyl sites for hydroxylation is 3. The van der Waals surface area contributed by atoms with E-state index < -0.39 is 0 Å². The highest BCUT2D eigenvalue weighted by Gasteiger charge is 2.29. The molecule has 0 spiro atoms. The highest BCUT2D eigenvalue weighted by molar-refractivity contribution is 5.90. The van der Waals surface area contributed by atoms with Gasteiger partial charge in [0.05, 0.1) is 11.2 Å². The van der Waals surface area contributed by atoms with Crippen LogP contribution in [0.15, 0.2) is 36.7 Å². The molecule has 1 aliphatic heterocycles. The average molecular weight is 411 g/mol. The third-order valence-electron chi connectivity index (χ3n) is 6.45. The second-order valence-electron chi connectivity index (χ2n) is 9.00. The maximum Gasteiger partial charge on any atom is 0.140 e. The van der Waals surface area contributed by atoms with E-state index in [0.717, 1.165) is 58.9 Å². The summed E-state index contributed by atoms with van der Waals surface area (Å²) in [6.45, 7) is 5.93. The van der Waals surface area contributed by atoms with E-state index in [9.17, 15) is 0 Å². The van der Waals surface area contributed by atoms with E-state index in [1.165, 1.54) is 29.7 Å². The van der Waals surface area contributed by atoms with E-state index in [1.54, 1.807) is 0 Å².